The lowest BCUT2D eigenvalue weighted by atomic mass is 10.0. The summed E-state index contributed by atoms with van der Waals surface area (Å²) in [5.74, 6) is -1.71. The van der Waals surface area contributed by atoms with Crippen LogP contribution in [0.1, 0.15) is 98.4 Å². The zero-order valence-electron chi connectivity index (χ0n) is 56.4. The first kappa shape index (κ1) is 74.9. The number of anilines is 2. The van der Waals surface area contributed by atoms with Crippen LogP contribution in [0.2, 0.25) is 0 Å². The molecule has 8 rings (SSSR count). The molecular weight excluding hydrogens is 1270 g/mol. The normalized spacial score (nSPS) is 16.7. The van der Waals surface area contributed by atoms with Gasteiger partial charge in [-0.25, -0.2) is 0 Å². The topological polar surface area (TPSA) is 337 Å². The van der Waals surface area contributed by atoms with Gasteiger partial charge in [0.25, 0.3) is 23.6 Å². The molecule has 532 valence electrons. The van der Waals surface area contributed by atoms with Gasteiger partial charge < -0.3 is 88.5 Å². The Morgan fingerprint density at radius 1 is 0.612 bits per heavy atom. The molecule has 98 heavy (non-hydrogen) atoms. The molecule has 5 N–H and O–H groups in total. The van der Waals surface area contributed by atoms with Gasteiger partial charge in [-0.05, 0) is 80.3 Å². The largest absolute Gasteiger partial charge is 0.493 e. The Labute approximate surface area is 569 Å². The van der Waals surface area contributed by atoms with Crippen molar-refractivity contribution in [2.24, 2.45) is 10.9 Å². The van der Waals surface area contributed by atoms with Crippen LogP contribution in [0.3, 0.4) is 0 Å². The highest BCUT2D eigenvalue weighted by Gasteiger charge is 2.40. The molecule has 29 nitrogen and oxygen atoms in total. The first-order chi connectivity index (χ1) is 47.5. The average Bonchev–Trinajstić information content (AvgIpc) is 1.61. The predicted molar refractivity (Wildman–Crippen MR) is 358 cm³/mol. The monoisotopic (exact) mass is 1370 g/mol. The molecule has 0 unspecified atom stereocenters. The van der Waals surface area contributed by atoms with E-state index in [9.17, 15) is 43.2 Å². The van der Waals surface area contributed by atoms with Gasteiger partial charge in [-0.3, -0.25) is 53.0 Å². The second kappa shape index (κ2) is 38.9. The van der Waals surface area contributed by atoms with Gasteiger partial charge in [0.05, 0.1) is 148 Å². The molecule has 0 radical (unpaired) electrons. The van der Waals surface area contributed by atoms with Crippen LogP contribution in [-0.2, 0) is 66.7 Å². The first-order valence-electron chi connectivity index (χ1n) is 33.3. The Morgan fingerprint density at radius 3 is 1.78 bits per heavy atom. The lowest BCUT2D eigenvalue weighted by Crippen LogP contribution is -2.53. The number of methoxy groups -OCH3 is 2. The number of ether oxygens (including phenoxy) is 11. The number of hydrogen-bond donors (Lipinski definition) is 5. The van der Waals surface area contributed by atoms with E-state index in [1.807, 2.05) is 18.3 Å². The molecule has 1 saturated heterocycles. The summed E-state index contributed by atoms with van der Waals surface area (Å²) in [6.45, 7) is 11.5. The van der Waals surface area contributed by atoms with Crippen LogP contribution in [0.15, 0.2) is 71.9 Å². The van der Waals surface area contributed by atoms with Crippen LogP contribution in [0.25, 0.3) is 5.57 Å². The van der Waals surface area contributed by atoms with Crippen molar-refractivity contribution in [3.8, 4) is 23.0 Å². The van der Waals surface area contributed by atoms with Crippen molar-refractivity contribution < 1.29 is 95.3 Å². The fourth-order valence-electron chi connectivity index (χ4n) is 11.1. The average molecular weight is 1370 g/mol. The summed E-state index contributed by atoms with van der Waals surface area (Å²) in [6, 6.07) is 11.2. The number of carbonyl (C=O) groups is 9. The smallest absolute Gasteiger partial charge is 0.260 e. The minimum absolute atomic E-state index is 0.0122. The molecule has 0 bridgehead atoms. The zero-order valence-corrected chi connectivity index (χ0v) is 56.4. The maximum absolute atomic E-state index is 14.1. The van der Waals surface area contributed by atoms with Gasteiger partial charge in [-0.15, -0.1) is 0 Å². The number of rotatable bonds is 44. The summed E-state index contributed by atoms with van der Waals surface area (Å²) < 4.78 is 62.0. The minimum atomic E-state index is -0.939. The van der Waals surface area contributed by atoms with E-state index in [1.165, 1.54) is 26.4 Å². The van der Waals surface area contributed by atoms with Crippen LogP contribution in [0.4, 0.5) is 17.1 Å². The maximum Gasteiger partial charge on any atom is 0.260 e. The van der Waals surface area contributed by atoms with Gasteiger partial charge in [0.1, 0.15) is 18.1 Å². The maximum atomic E-state index is 14.1. The second-order valence-electron chi connectivity index (χ2n) is 23.8. The van der Waals surface area contributed by atoms with E-state index in [0.717, 1.165) is 28.9 Å². The SMILES string of the molecule is COc1cc2c(cc1OCCCCCOc1cc3c(cc1OC)C(=O)N1CCC[C@H]1C(=O)N3)N=C[C@@H]1CC(c3ccc(NC(=O)[C@H](C)NC(=O)[C@@H](NC(=O)CCOCCOCCOCCOCCOCCOCCOCCNC(=O)CCN4C(=O)C=CC4=O)C(C)C)cc3)=CN1C2=O. The Morgan fingerprint density at radius 2 is 1.18 bits per heavy atom. The van der Waals surface area contributed by atoms with Gasteiger partial charge >= 0.3 is 0 Å². The van der Waals surface area contributed by atoms with Crippen molar-refractivity contribution in [3.63, 3.8) is 0 Å². The number of amides is 9. The summed E-state index contributed by atoms with van der Waals surface area (Å²) in [6.07, 6.45) is 10.0. The van der Waals surface area contributed by atoms with E-state index >= 15 is 0 Å². The van der Waals surface area contributed by atoms with Gasteiger partial charge in [-0.2, -0.15) is 0 Å². The molecule has 0 aromatic heterocycles. The standard InChI is InChI=1S/C69H91N9O20/c1-45(2)64(75-61(80)18-24-90-26-28-92-30-32-94-34-36-96-37-35-95-33-31-93-29-27-91-25-19-70-60(79)17-21-77-62(81)15-16-63(77)82)67(85)72-46(3)65(83)73-49-13-11-47(12-14-49)48-38-50-43-71-53-41-58(56(88-4)39-51(53)69(87)78(50)44-48)97-22-7-6-8-23-98-59-42-54-52(40-57(59)89-5)68(86)76-20-9-10-55(76)66(84)74-54/h11-16,39-46,50,55,64H,6-10,17-38H2,1-5H3,(H,70,79)(H,72,85)(H,73,83)(H,74,84)(H,75,80)/t46-,50-,55-,64-/m0/s1. The highest BCUT2D eigenvalue weighted by Crippen LogP contribution is 2.41. The molecule has 9 amide bonds. The van der Waals surface area contributed by atoms with Crippen LogP contribution in [0.5, 0.6) is 23.0 Å². The molecule has 5 heterocycles. The van der Waals surface area contributed by atoms with Gasteiger partial charge in [0.2, 0.25) is 29.5 Å². The predicted octanol–water partition coefficient (Wildman–Crippen LogP) is 4.38. The number of nitrogens with one attached hydrogen (secondary N) is 5. The molecule has 3 aromatic carbocycles. The summed E-state index contributed by atoms with van der Waals surface area (Å²) in [7, 11) is 3.02. The number of carbonyl (C=O) groups excluding carboxylic acids is 9. The molecule has 5 aliphatic rings. The van der Waals surface area contributed by atoms with Crippen LogP contribution in [0, 0.1) is 5.92 Å². The Hall–Kier alpha value is -8.84. The Balaban J connectivity index is 0.629. The van der Waals surface area contributed by atoms with Crippen molar-refractivity contribution in [2.75, 3.05) is 150 Å². The van der Waals surface area contributed by atoms with E-state index in [0.29, 0.717) is 182 Å². The summed E-state index contributed by atoms with van der Waals surface area (Å²) in [5, 5.41) is 13.9. The fourth-order valence-corrected chi connectivity index (χ4v) is 11.1. The third kappa shape index (κ3) is 22.1. The minimum Gasteiger partial charge on any atom is -0.493 e. The molecule has 0 spiro atoms. The highest BCUT2D eigenvalue weighted by molar-refractivity contribution is 6.13. The van der Waals surface area contributed by atoms with Gasteiger partial charge in [0, 0.05) is 81.3 Å². The lowest BCUT2D eigenvalue weighted by Gasteiger charge is -2.24. The number of imide groups is 1. The molecule has 5 aliphatic heterocycles. The molecule has 1 fully saturated rings. The van der Waals surface area contributed by atoms with E-state index in [-0.39, 0.29) is 74.1 Å². The number of aliphatic imine (C=N–C) groups is 1. The Kier molecular flexibility index (Phi) is 29.8. The van der Waals surface area contributed by atoms with Crippen molar-refractivity contribution in [1.82, 2.24) is 30.7 Å². The van der Waals surface area contributed by atoms with Crippen LogP contribution < -0.4 is 45.5 Å². The number of fused-ring (bicyclic) bond motifs is 4. The van der Waals surface area contributed by atoms with E-state index in [1.54, 1.807) is 73.2 Å². The van der Waals surface area contributed by atoms with Crippen LogP contribution >= 0.6 is 0 Å². The number of benzene rings is 3. The second-order valence-corrected chi connectivity index (χ2v) is 23.8. The first-order valence-corrected chi connectivity index (χ1v) is 33.3. The van der Waals surface area contributed by atoms with Crippen molar-refractivity contribution in [1.29, 1.82) is 0 Å². The van der Waals surface area contributed by atoms with Crippen molar-refractivity contribution in [2.45, 2.75) is 96.3 Å². The van der Waals surface area contributed by atoms with E-state index < -0.39 is 41.8 Å². The molecular formula is C69H91N9O20. The number of unbranched alkanes of at least 4 members (excludes halogenated alkanes) is 2. The molecule has 0 saturated carbocycles. The van der Waals surface area contributed by atoms with Gasteiger partial charge in [0.15, 0.2) is 23.0 Å². The van der Waals surface area contributed by atoms with E-state index in [2.05, 4.69) is 26.6 Å². The molecule has 0 aliphatic carbocycles. The fraction of sp³-hybridized carbons (Fsp3) is 0.536. The van der Waals surface area contributed by atoms with Crippen LogP contribution in [-0.4, -0.2) is 238 Å². The Bertz CT molecular complexity index is 3320. The zero-order chi connectivity index (χ0) is 69.8. The van der Waals surface area contributed by atoms with Gasteiger partial charge in [-0.1, -0.05) is 26.0 Å². The summed E-state index contributed by atoms with van der Waals surface area (Å²) >= 11 is 0. The third-order valence-corrected chi connectivity index (χ3v) is 16.4. The highest BCUT2D eigenvalue weighted by atomic mass is 16.6. The molecule has 29 heteroatoms. The van der Waals surface area contributed by atoms with Crippen molar-refractivity contribution >= 4 is 82.0 Å². The quantitative estimate of drug-likeness (QED) is 0.0387. The summed E-state index contributed by atoms with van der Waals surface area (Å²) in [5.41, 5.74) is 3.83. The number of hydrogen-bond acceptors (Lipinski definition) is 21. The third-order valence-electron chi connectivity index (χ3n) is 16.4. The van der Waals surface area contributed by atoms with E-state index in [4.69, 9.17) is 57.1 Å². The lowest BCUT2D eigenvalue weighted by molar-refractivity contribution is -0.137. The number of nitrogens with zero attached hydrogens (tertiary/aromatic N) is 4. The molecule has 4 atom stereocenters. The summed E-state index contributed by atoms with van der Waals surface area (Å²) in [4.78, 5) is 124. The molecule has 3 aromatic rings. The van der Waals surface area contributed by atoms with Crippen molar-refractivity contribution in [3.05, 3.63) is 83.6 Å².